The number of nitrogens with one attached hydrogen (secondary N) is 1. The summed E-state index contributed by atoms with van der Waals surface area (Å²) in [7, 11) is 0. The smallest absolute Gasteiger partial charge is 0.204 e. The number of hydrogen-bond acceptors (Lipinski definition) is 3. The van der Waals surface area contributed by atoms with E-state index >= 15 is 0 Å². The molecule has 0 amide bonds. The monoisotopic (exact) mass is 340 g/mol. The van der Waals surface area contributed by atoms with E-state index in [2.05, 4.69) is 34.7 Å². The molecule has 0 saturated heterocycles. The molecule has 3 aromatic rings. The lowest BCUT2D eigenvalue weighted by atomic mass is 10.2. The van der Waals surface area contributed by atoms with Crippen molar-refractivity contribution in [1.29, 1.82) is 0 Å². The van der Waals surface area contributed by atoms with Crippen LogP contribution in [0.15, 0.2) is 48.5 Å². The average molecular weight is 340 g/mol. The Kier molecular flexibility index (Phi) is 5.66. The number of hydrogen-bond donors (Lipinski definition) is 1. The van der Waals surface area contributed by atoms with Gasteiger partial charge < -0.3 is 14.8 Å². The molecule has 3 rings (SSSR count). The number of benzene rings is 2. The van der Waals surface area contributed by atoms with E-state index in [0.29, 0.717) is 6.54 Å². The van der Waals surface area contributed by atoms with Crippen molar-refractivity contribution in [3.8, 4) is 0 Å². The Labute approximate surface area is 148 Å². The van der Waals surface area contributed by atoms with Crippen molar-refractivity contribution in [3.05, 3.63) is 59.9 Å². The number of imidazole rings is 1. The Bertz CT molecular complexity index is 806. The summed E-state index contributed by atoms with van der Waals surface area (Å²) in [6, 6.07) is 14.8. The van der Waals surface area contributed by atoms with Gasteiger partial charge >= 0.3 is 0 Å². The first-order valence-electron chi connectivity index (χ1n) is 8.87. The van der Waals surface area contributed by atoms with Gasteiger partial charge in [0.25, 0.3) is 0 Å². The maximum Gasteiger partial charge on any atom is 0.204 e. The third-order valence-electron chi connectivity index (χ3n) is 4.51. The molecule has 0 spiro atoms. The molecule has 0 saturated carbocycles. The van der Waals surface area contributed by atoms with Crippen molar-refractivity contribution in [1.82, 2.24) is 14.5 Å². The second kappa shape index (κ2) is 8.12. The molecule has 0 unspecified atom stereocenters. The van der Waals surface area contributed by atoms with Gasteiger partial charge in [0, 0.05) is 13.1 Å². The first kappa shape index (κ1) is 17.4. The lowest BCUT2D eigenvalue weighted by Crippen LogP contribution is -2.29. The highest BCUT2D eigenvalue weighted by Crippen LogP contribution is 2.21. The zero-order valence-electron chi connectivity index (χ0n) is 14.9. The van der Waals surface area contributed by atoms with Gasteiger partial charge in [-0.15, -0.1) is 0 Å². The predicted octanol–water partition coefficient (Wildman–Crippen LogP) is 3.98. The summed E-state index contributed by atoms with van der Waals surface area (Å²) in [5.74, 6) is 0.648. The van der Waals surface area contributed by atoms with E-state index in [1.807, 2.05) is 30.3 Å². The van der Waals surface area contributed by atoms with Gasteiger partial charge in [0.05, 0.1) is 17.6 Å². The van der Waals surface area contributed by atoms with Gasteiger partial charge in [0.15, 0.2) is 0 Å². The fourth-order valence-corrected chi connectivity index (χ4v) is 3.01. The first-order chi connectivity index (χ1) is 12.2. The molecule has 1 heterocycles. The molecule has 0 aliphatic rings. The fourth-order valence-electron chi connectivity index (χ4n) is 3.01. The molecule has 25 heavy (non-hydrogen) atoms. The summed E-state index contributed by atoms with van der Waals surface area (Å²) in [6.45, 7) is 8.92. The molecule has 2 aromatic carbocycles. The first-order valence-corrected chi connectivity index (χ1v) is 8.87. The van der Waals surface area contributed by atoms with Crippen LogP contribution in [0.25, 0.3) is 11.0 Å². The van der Waals surface area contributed by atoms with Gasteiger partial charge in [-0.3, -0.25) is 0 Å². The third kappa shape index (κ3) is 4.17. The van der Waals surface area contributed by atoms with E-state index in [1.165, 1.54) is 12.1 Å². The van der Waals surface area contributed by atoms with Crippen LogP contribution in [0.1, 0.15) is 19.4 Å². The lowest BCUT2D eigenvalue weighted by Gasteiger charge is -2.18. The number of para-hydroxylation sites is 2. The molecule has 0 bridgehead atoms. The van der Waals surface area contributed by atoms with Crippen LogP contribution in [0.4, 0.5) is 10.3 Å². The molecule has 132 valence electrons. The summed E-state index contributed by atoms with van der Waals surface area (Å²) in [4.78, 5) is 7.11. The van der Waals surface area contributed by atoms with Crippen LogP contribution < -0.4 is 5.32 Å². The zero-order valence-corrected chi connectivity index (χ0v) is 14.9. The summed E-state index contributed by atoms with van der Waals surface area (Å²) in [6.07, 6.45) is 0. The summed E-state index contributed by atoms with van der Waals surface area (Å²) in [5.41, 5.74) is 3.10. The fraction of sp³-hybridized carbons (Fsp3) is 0.350. The minimum atomic E-state index is -0.211. The molecule has 1 aromatic heterocycles. The van der Waals surface area contributed by atoms with Crippen LogP contribution in [-0.4, -0.2) is 40.6 Å². The molecule has 5 heteroatoms. The highest BCUT2D eigenvalue weighted by molar-refractivity contribution is 5.78. The van der Waals surface area contributed by atoms with Crippen LogP contribution in [-0.2, 0) is 6.54 Å². The molecule has 0 fully saturated rings. The SMILES string of the molecule is CCN(CC)CCNc1nc2ccccc2n1Cc1ccc(F)cc1. The minimum Gasteiger partial charge on any atom is -0.354 e. The van der Waals surface area contributed by atoms with E-state index < -0.39 is 0 Å². The van der Waals surface area contributed by atoms with Crippen LogP contribution in [0, 0.1) is 5.82 Å². The molecule has 0 aliphatic carbocycles. The molecule has 4 nitrogen and oxygen atoms in total. The zero-order chi connectivity index (χ0) is 17.6. The number of fused-ring (bicyclic) bond motifs is 1. The number of likely N-dealkylation sites (N-methyl/N-ethyl adjacent to an activating group) is 1. The van der Waals surface area contributed by atoms with Gasteiger partial charge in [-0.1, -0.05) is 38.1 Å². The normalized spacial score (nSPS) is 11.4. The molecular weight excluding hydrogens is 315 g/mol. The molecule has 0 atom stereocenters. The predicted molar refractivity (Wildman–Crippen MR) is 102 cm³/mol. The second-order valence-electron chi connectivity index (χ2n) is 6.09. The molecule has 1 N–H and O–H groups in total. The topological polar surface area (TPSA) is 33.1 Å². The Morgan fingerprint density at radius 1 is 1.04 bits per heavy atom. The molecular formula is C20H25FN4. The van der Waals surface area contributed by atoms with Crippen LogP contribution in [0.2, 0.25) is 0 Å². The van der Waals surface area contributed by atoms with Crippen molar-refractivity contribution in [3.63, 3.8) is 0 Å². The second-order valence-corrected chi connectivity index (χ2v) is 6.09. The largest absolute Gasteiger partial charge is 0.354 e. The van der Waals surface area contributed by atoms with Gasteiger partial charge in [-0.2, -0.15) is 0 Å². The van der Waals surface area contributed by atoms with Crippen molar-refractivity contribution in [2.45, 2.75) is 20.4 Å². The maximum absolute atomic E-state index is 13.2. The van der Waals surface area contributed by atoms with Crippen LogP contribution in [0.3, 0.4) is 0 Å². The van der Waals surface area contributed by atoms with Gasteiger partial charge in [0.1, 0.15) is 5.82 Å². The quantitative estimate of drug-likeness (QED) is 0.673. The number of halogens is 1. The van der Waals surface area contributed by atoms with Crippen molar-refractivity contribution >= 4 is 17.0 Å². The number of anilines is 1. The lowest BCUT2D eigenvalue weighted by molar-refractivity contribution is 0.315. The summed E-state index contributed by atoms with van der Waals surface area (Å²) < 4.78 is 15.3. The maximum atomic E-state index is 13.2. The highest BCUT2D eigenvalue weighted by atomic mass is 19.1. The standard InChI is InChI=1S/C20H25FN4/c1-3-24(4-2)14-13-22-20-23-18-7-5-6-8-19(18)25(20)15-16-9-11-17(21)12-10-16/h5-12H,3-4,13-15H2,1-2H3,(H,22,23). The van der Waals surface area contributed by atoms with E-state index in [0.717, 1.165) is 48.7 Å². The molecule has 0 aliphatic heterocycles. The van der Waals surface area contributed by atoms with Crippen molar-refractivity contribution < 1.29 is 4.39 Å². The van der Waals surface area contributed by atoms with E-state index in [1.54, 1.807) is 0 Å². The average Bonchev–Trinajstić information content (AvgIpc) is 2.98. The number of rotatable bonds is 8. The summed E-state index contributed by atoms with van der Waals surface area (Å²) >= 11 is 0. The number of nitrogens with zero attached hydrogens (tertiary/aromatic N) is 3. The number of aromatic nitrogens is 2. The van der Waals surface area contributed by atoms with Gasteiger partial charge in [0.2, 0.25) is 5.95 Å². The van der Waals surface area contributed by atoms with Gasteiger partial charge in [-0.25, -0.2) is 9.37 Å². The van der Waals surface area contributed by atoms with E-state index in [-0.39, 0.29) is 5.82 Å². The Balaban J connectivity index is 1.83. The van der Waals surface area contributed by atoms with Crippen molar-refractivity contribution in [2.24, 2.45) is 0 Å². The van der Waals surface area contributed by atoms with Crippen LogP contribution in [0.5, 0.6) is 0 Å². The Hall–Kier alpha value is -2.40. The Morgan fingerprint density at radius 2 is 1.76 bits per heavy atom. The van der Waals surface area contributed by atoms with E-state index in [4.69, 9.17) is 4.98 Å². The minimum absolute atomic E-state index is 0.211. The third-order valence-corrected chi connectivity index (χ3v) is 4.51. The van der Waals surface area contributed by atoms with Crippen molar-refractivity contribution in [2.75, 3.05) is 31.5 Å². The molecule has 0 radical (unpaired) electrons. The van der Waals surface area contributed by atoms with E-state index in [9.17, 15) is 4.39 Å². The highest BCUT2D eigenvalue weighted by Gasteiger charge is 2.11. The summed E-state index contributed by atoms with van der Waals surface area (Å²) in [5, 5.41) is 3.47. The Morgan fingerprint density at radius 3 is 2.48 bits per heavy atom. The van der Waals surface area contributed by atoms with Gasteiger partial charge in [-0.05, 0) is 42.9 Å². The van der Waals surface area contributed by atoms with Crippen LogP contribution >= 0.6 is 0 Å².